The van der Waals surface area contributed by atoms with E-state index in [0.717, 1.165) is 25.3 Å². The van der Waals surface area contributed by atoms with Gasteiger partial charge in [0.15, 0.2) is 0 Å². The quantitative estimate of drug-likeness (QED) is 0.787. The fourth-order valence-electron chi connectivity index (χ4n) is 3.02. The Morgan fingerprint density at radius 1 is 1.38 bits per heavy atom. The average molecular weight is 221 g/mol. The molecule has 88 valence electrons. The minimum absolute atomic E-state index is 0.0731. The lowest BCUT2D eigenvalue weighted by atomic mass is 10.1. The summed E-state index contributed by atoms with van der Waals surface area (Å²) in [6.45, 7) is 2.96. The molecule has 2 N–H and O–H groups in total. The predicted octanol–water partition coefficient (Wildman–Crippen LogP) is 1.14. The van der Waals surface area contributed by atoms with Crippen LogP contribution in [-0.4, -0.2) is 21.2 Å². The first kappa shape index (κ1) is 10.3. The molecule has 0 aromatic carbocycles. The van der Waals surface area contributed by atoms with Crippen LogP contribution in [0, 0.1) is 0 Å². The highest BCUT2D eigenvalue weighted by atomic mass is 16.3. The number of aliphatic hydroxyl groups is 1. The first-order valence-electron chi connectivity index (χ1n) is 6.30. The van der Waals surface area contributed by atoms with Crippen molar-refractivity contribution >= 4 is 0 Å². The van der Waals surface area contributed by atoms with Gasteiger partial charge in [0, 0.05) is 25.6 Å². The number of aliphatic hydroxyl groups excluding tert-OH is 1. The zero-order valence-corrected chi connectivity index (χ0v) is 9.58. The Hall–Kier alpha value is -0.870. The largest absolute Gasteiger partial charge is 0.390 e. The maximum Gasteiger partial charge on any atom is 0.112 e. The second-order valence-corrected chi connectivity index (χ2v) is 4.83. The number of nitrogens with one attached hydrogen (secondary N) is 1. The number of nitrogens with zero attached hydrogens (tertiary/aromatic N) is 2. The topological polar surface area (TPSA) is 50.1 Å². The number of hydrogen-bond acceptors (Lipinski definition) is 3. The molecular formula is C12H19N3O. The SMILES string of the molecule is OCc1nc(C2CCCC2)n2c1CNCC2. The summed E-state index contributed by atoms with van der Waals surface area (Å²) in [4.78, 5) is 4.67. The fourth-order valence-corrected chi connectivity index (χ4v) is 3.02. The second-order valence-electron chi connectivity index (χ2n) is 4.83. The van der Waals surface area contributed by atoms with Crippen LogP contribution >= 0.6 is 0 Å². The first-order chi connectivity index (χ1) is 7.90. The monoisotopic (exact) mass is 221 g/mol. The Morgan fingerprint density at radius 3 is 2.94 bits per heavy atom. The van der Waals surface area contributed by atoms with E-state index in [-0.39, 0.29) is 6.61 Å². The van der Waals surface area contributed by atoms with Crippen molar-refractivity contribution in [3.63, 3.8) is 0 Å². The highest BCUT2D eigenvalue weighted by Crippen LogP contribution is 2.34. The van der Waals surface area contributed by atoms with Crippen LogP contribution in [0.25, 0.3) is 0 Å². The number of imidazole rings is 1. The zero-order valence-electron chi connectivity index (χ0n) is 9.58. The Kier molecular flexibility index (Phi) is 2.69. The van der Waals surface area contributed by atoms with Crippen molar-refractivity contribution < 1.29 is 5.11 Å². The van der Waals surface area contributed by atoms with Crippen LogP contribution < -0.4 is 5.32 Å². The van der Waals surface area contributed by atoms with Gasteiger partial charge in [0.05, 0.1) is 18.0 Å². The molecular weight excluding hydrogens is 202 g/mol. The van der Waals surface area contributed by atoms with Gasteiger partial charge >= 0.3 is 0 Å². The summed E-state index contributed by atoms with van der Waals surface area (Å²) in [5.41, 5.74) is 2.09. The van der Waals surface area contributed by atoms with Gasteiger partial charge in [0.25, 0.3) is 0 Å². The summed E-state index contributed by atoms with van der Waals surface area (Å²) in [6.07, 6.45) is 5.21. The molecule has 2 heterocycles. The molecule has 0 unspecified atom stereocenters. The van der Waals surface area contributed by atoms with E-state index >= 15 is 0 Å². The van der Waals surface area contributed by atoms with Gasteiger partial charge in [-0.05, 0) is 12.8 Å². The molecule has 1 aromatic rings. The maximum atomic E-state index is 9.35. The van der Waals surface area contributed by atoms with Crippen molar-refractivity contribution in [2.75, 3.05) is 6.54 Å². The number of hydrogen-bond donors (Lipinski definition) is 2. The smallest absolute Gasteiger partial charge is 0.112 e. The van der Waals surface area contributed by atoms with Gasteiger partial charge < -0.3 is 15.0 Å². The molecule has 1 aromatic heterocycles. The highest BCUT2D eigenvalue weighted by molar-refractivity contribution is 5.21. The summed E-state index contributed by atoms with van der Waals surface area (Å²) in [5.74, 6) is 1.87. The third-order valence-corrected chi connectivity index (χ3v) is 3.86. The molecule has 3 rings (SSSR count). The van der Waals surface area contributed by atoms with E-state index in [1.54, 1.807) is 0 Å². The van der Waals surface area contributed by atoms with Gasteiger partial charge in [0.2, 0.25) is 0 Å². The fraction of sp³-hybridized carbons (Fsp3) is 0.750. The molecule has 4 heteroatoms. The highest BCUT2D eigenvalue weighted by Gasteiger charge is 2.26. The summed E-state index contributed by atoms with van der Waals surface area (Å²) in [5, 5.41) is 12.7. The predicted molar refractivity (Wildman–Crippen MR) is 61.1 cm³/mol. The van der Waals surface area contributed by atoms with Crippen LogP contribution in [0.1, 0.15) is 48.8 Å². The maximum absolute atomic E-state index is 9.35. The van der Waals surface area contributed by atoms with Gasteiger partial charge in [-0.15, -0.1) is 0 Å². The van der Waals surface area contributed by atoms with E-state index in [4.69, 9.17) is 0 Å². The average Bonchev–Trinajstić information content (AvgIpc) is 2.95. The molecule has 0 atom stereocenters. The summed E-state index contributed by atoms with van der Waals surface area (Å²) in [7, 11) is 0. The first-order valence-corrected chi connectivity index (χ1v) is 6.30. The molecule has 4 nitrogen and oxygen atoms in total. The third kappa shape index (κ3) is 1.57. The summed E-state index contributed by atoms with van der Waals surface area (Å²) in [6, 6.07) is 0. The number of aromatic nitrogens is 2. The third-order valence-electron chi connectivity index (χ3n) is 3.86. The minimum Gasteiger partial charge on any atom is -0.390 e. The van der Waals surface area contributed by atoms with Crippen molar-refractivity contribution in [2.24, 2.45) is 0 Å². The number of rotatable bonds is 2. The molecule has 1 fully saturated rings. The van der Waals surface area contributed by atoms with Crippen molar-refractivity contribution in [3.05, 3.63) is 17.2 Å². The molecule has 0 radical (unpaired) electrons. The van der Waals surface area contributed by atoms with E-state index in [1.807, 2.05) is 0 Å². The van der Waals surface area contributed by atoms with E-state index in [0.29, 0.717) is 5.92 Å². The molecule has 1 saturated carbocycles. The molecule has 2 aliphatic rings. The van der Waals surface area contributed by atoms with Gasteiger partial charge in [-0.3, -0.25) is 0 Å². The van der Waals surface area contributed by atoms with E-state index in [9.17, 15) is 5.11 Å². The van der Waals surface area contributed by atoms with Crippen LogP contribution in [-0.2, 0) is 19.7 Å². The standard InChI is InChI=1S/C12H19N3O/c16-8-10-11-7-13-5-6-15(11)12(14-10)9-3-1-2-4-9/h9,13,16H,1-8H2. The molecule has 1 aliphatic heterocycles. The Bertz CT molecular complexity index is 380. The molecule has 0 saturated heterocycles. The van der Waals surface area contributed by atoms with Crippen molar-refractivity contribution in [1.29, 1.82) is 0 Å². The molecule has 16 heavy (non-hydrogen) atoms. The Balaban J connectivity index is 2.00. The van der Waals surface area contributed by atoms with Crippen LogP contribution in [0.4, 0.5) is 0 Å². The number of fused-ring (bicyclic) bond motifs is 1. The van der Waals surface area contributed by atoms with Crippen LogP contribution in [0.15, 0.2) is 0 Å². The van der Waals surface area contributed by atoms with E-state index < -0.39 is 0 Å². The Labute approximate surface area is 95.7 Å². The molecule has 0 spiro atoms. The second kappa shape index (κ2) is 4.18. The normalized spacial score (nSPS) is 21.3. The van der Waals surface area contributed by atoms with Gasteiger partial charge in [-0.1, -0.05) is 12.8 Å². The van der Waals surface area contributed by atoms with Gasteiger partial charge in [0.1, 0.15) is 5.82 Å². The molecule has 1 aliphatic carbocycles. The minimum atomic E-state index is 0.0731. The summed E-state index contributed by atoms with van der Waals surface area (Å²) < 4.78 is 2.35. The van der Waals surface area contributed by atoms with E-state index in [1.165, 1.54) is 37.2 Å². The van der Waals surface area contributed by atoms with Crippen LogP contribution in [0.5, 0.6) is 0 Å². The van der Waals surface area contributed by atoms with Gasteiger partial charge in [-0.2, -0.15) is 0 Å². The van der Waals surface area contributed by atoms with Gasteiger partial charge in [-0.25, -0.2) is 4.98 Å². The van der Waals surface area contributed by atoms with Crippen molar-refractivity contribution in [1.82, 2.24) is 14.9 Å². The Morgan fingerprint density at radius 2 is 2.19 bits per heavy atom. The van der Waals surface area contributed by atoms with Crippen molar-refractivity contribution in [3.8, 4) is 0 Å². The lowest BCUT2D eigenvalue weighted by molar-refractivity contribution is 0.274. The zero-order chi connectivity index (χ0) is 11.0. The van der Waals surface area contributed by atoms with E-state index in [2.05, 4.69) is 14.9 Å². The lowest BCUT2D eigenvalue weighted by Gasteiger charge is -2.20. The van der Waals surface area contributed by atoms with Crippen LogP contribution in [0.2, 0.25) is 0 Å². The molecule has 0 bridgehead atoms. The van der Waals surface area contributed by atoms with Crippen LogP contribution in [0.3, 0.4) is 0 Å². The molecule has 0 amide bonds. The summed E-state index contributed by atoms with van der Waals surface area (Å²) >= 11 is 0. The lowest BCUT2D eigenvalue weighted by Crippen LogP contribution is -2.29. The van der Waals surface area contributed by atoms with Crippen molar-refractivity contribution in [2.45, 2.75) is 51.3 Å².